The van der Waals surface area contributed by atoms with Gasteiger partial charge in [0.2, 0.25) is 0 Å². The van der Waals surface area contributed by atoms with E-state index < -0.39 is 17.8 Å². The van der Waals surface area contributed by atoms with E-state index in [-0.39, 0.29) is 12.4 Å². The van der Waals surface area contributed by atoms with E-state index >= 15 is 0 Å². The standard InChI is InChI=1S/C26H24ClF3N2O3S/c1-33-23-12-16-10-11-32(25(36)31-19-8-6-18(27)7-9-19)22(21(16)14-24(23)34-2)15-35-20-5-3-4-17(13-20)26(28,29)30/h3-9,12-14,22H,10-11,15H2,1-2H3,(H,31,36). The Balaban J connectivity index is 1.64. The van der Waals surface area contributed by atoms with Crippen LogP contribution in [0.15, 0.2) is 60.7 Å². The highest BCUT2D eigenvalue weighted by Gasteiger charge is 2.33. The van der Waals surface area contributed by atoms with Gasteiger partial charge < -0.3 is 24.4 Å². The van der Waals surface area contributed by atoms with Crippen LogP contribution in [-0.4, -0.2) is 37.4 Å². The van der Waals surface area contributed by atoms with Crippen LogP contribution in [-0.2, 0) is 12.6 Å². The van der Waals surface area contributed by atoms with Crippen LogP contribution in [0.4, 0.5) is 18.9 Å². The van der Waals surface area contributed by atoms with Gasteiger partial charge in [0.05, 0.1) is 25.8 Å². The van der Waals surface area contributed by atoms with E-state index in [9.17, 15) is 13.2 Å². The van der Waals surface area contributed by atoms with Crippen molar-refractivity contribution in [2.75, 3.05) is 32.7 Å². The van der Waals surface area contributed by atoms with E-state index in [0.29, 0.717) is 34.6 Å². The highest BCUT2D eigenvalue weighted by Crippen LogP contribution is 2.39. The number of anilines is 1. The van der Waals surface area contributed by atoms with E-state index in [2.05, 4.69) is 5.32 Å². The van der Waals surface area contributed by atoms with Crippen LogP contribution < -0.4 is 19.5 Å². The molecule has 190 valence electrons. The number of rotatable bonds is 6. The van der Waals surface area contributed by atoms with Crippen molar-refractivity contribution in [1.82, 2.24) is 4.90 Å². The number of hydrogen-bond donors (Lipinski definition) is 1. The van der Waals surface area contributed by atoms with E-state index in [1.807, 2.05) is 29.2 Å². The van der Waals surface area contributed by atoms with Crippen LogP contribution in [0, 0.1) is 0 Å². The molecule has 10 heteroatoms. The van der Waals surface area contributed by atoms with E-state index in [1.165, 1.54) is 12.1 Å². The van der Waals surface area contributed by atoms with Crippen molar-refractivity contribution in [1.29, 1.82) is 0 Å². The zero-order valence-corrected chi connectivity index (χ0v) is 21.1. The second-order valence-corrected chi connectivity index (χ2v) is 8.96. The summed E-state index contributed by atoms with van der Waals surface area (Å²) in [6.07, 6.45) is -3.78. The molecule has 1 atom stereocenters. The Morgan fingerprint density at radius 2 is 1.75 bits per heavy atom. The molecule has 3 aromatic rings. The van der Waals surface area contributed by atoms with E-state index in [1.54, 1.807) is 26.4 Å². The molecular formula is C26H24ClF3N2O3S. The highest BCUT2D eigenvalue weighted by molar-refractivity contribution is 7.80. The molecule has 1 unspecified atom stereocenters. The number of methoxy groups -OCH3 is 2. The molecule has 0 bridgehead atoms. The maximum atomic E-state index is 13.2. The van der Waals surface area contributed by atoms with Gasteiger partial charge in [-0.3, -0.25) is 0 Å². The van der Waals surface area contributed by atoms with Gasteiger partial charge in [0, 0.05) is 17.3 Å². The van der Waals surface area contributed by atoms with Gasteiger partial charge in [-0.15, -0.1) is 0 Å². The molecule has 0 saturated heterocycles. The van der Waals surface area contributed by atoms with E-state index in [4.69, 9.17) is 38.0 Å². The average Bonchev–Trinajstić information content (AvgIpc) is 2.87. The lowest BCUT2D eigenvalue weighted by Crippen LogP contribution is -2.44. The first-order valence-electron chi connectivity index (χ1n) is 11.1. The summed E-state index contributed by atoms with van der Waals surface area (Å²) in [7, 11) is 3.12. The molecule has 0 spiro atoms. The Morgan fingerprint density at radius 1 is 1.06 bits per heavy atom. The smallest absolute Gasteiger partial charge is 0.416 e. The van der Waals surface area contributed by atoms with Gasteiger partial charge in [-0.2, -0.15) is 13.2 Å². The third kappa shape index (κ3) is 5.79. The molecule has 1 N–H and O–H groups in total. The molecule has 0 radical (unpaired) electrons. The van der Waals surface area contributed by atoms with Crippen molar-refractivity contribution in [2.45, 2.75) is 18.6 Å². The normalized spacial score (nSPS) is 15.2. The number of thiocarbonyl (C=S) groups is 1. The summed E-state index contributed by atoms with van der Waals surface area (Å²) in [5, 5.41) is 4.27. The van der Waals surface area contributed by atoms with Gasteiger partial charge in [-0.25, -0.2) is 0 Å². The lowest BCUT2D eigenvalue weighted by molar-refractivity contribution is -0.137. The van der Waals surface area contributed by atoms with E-state index in [0.717, 1.165) is 28.9 Å². The van der Waals surface area contributed by atoms with Crippen molar-refractivity contribution < 1.29 is 27.4 Å². The number of alkyl halides is 3. The summed E-state index contributed by atoms with van der Waals surface area (Å²) in [5.41, 5.74) is 1.91. The lowest BCUT2D eigenvalue weighted by atomic mass is 9.92. The molecule has 0 fully saturated rings. The first-order valence-corrected chi connectivity index (χ1v) is 11.9. The van der Waals surface area contributed by atoms with Crippen LogP contribution in [0.5, 0.6) is 17.2 Å². The molecule has 1 aliphatic heterocycles. The number of benzene rings is 3. The molecule has 0 amide bonds. The van der Waals surface area contributed by atoms with Crippen LogP contribution in [0.25, 0.3) is 0 Å². The predicted molar refractivity (Wildman–Crippen MR) is 137 cm³/mol. The summed E-state index contributed by atoms with van der Waals surface area (Å²) in [4.78, 5) is 1.96. The summed E-state index contributed by atoms with van der Waals surface area (Å²) in [6, 6.07) is 15.4. The lowest BCUT2D eigenvalue weighted by Gasteiger charge is -2.39. The molecule has 0 aliphatic carbocycles. The van der Waals surface area contributed by atoms with Gasteiger partial charge in [-0.05, 0) is 84.4 Å². The summed E-state index contributed by atoms with van der Waals surface area (Å²) in [5.74, 6) is 1.26. The van der Waals surface area contributed by atoms with Crippen molar-refractivity contribution in [3.05, 3.63) is 82.4 Å². The van der Waals surface area contributed by atoms with Gasteiger partial charge in [-0.1, -0.05) is 17.7 Å². The summed E-state index contributed by atoms with van der Waals surface area (Å²) in [6.45, 7) is 0.630. The largest absolute Gasteiger partial charge is 0.493 e. The zero-order chi connectivity index (χ0) is 25.9. The minimum absolute atomic E-state index is 0.0617. The molecule has 1 heterocycles. The molecule has 36 heavy (non-hydrogen) atoms. The topological polar surface area (TPSA) is 43.0 Å². The molecule has 5 nitrogen and oxygen atoms in total. The maximum absolute atomic E-state index is 13.2. The molecular weight excluding hydrogens is 513 g/mol. The molecule has 4 rings (SSSR count). The van der Waals surface area contributed by atoms with Crippen LogP contribution in [0.3, 0.4) is 0 Å². The third-order valence-electron chi connectivity index (χ3n) is 5.93. The van der Waals surface area contributed by atoms with Gasteiger partial charge in [0.15, 0.2) is 16.6 Å². The van der Waals surface area contributed by atoms with Crippen molar-refractivity contribution in [3.63, 3.8) is 0 Å². The number of nitrogens with zero attached hydrogens (tertiary/aromatic N) is 1. The third-order valence-corrected chi connectivity index (χ3v) is 6.52. The highest BCUT2D eigenvalue weighted by atomic mass is 35.5. The van der Waals surface area contributed by atoms with Crippen molar-refractivity contribution in [2.24, 2.45) is 0 Å². The fourth-order valence-electron chi connectivity index (χ4n) is 4.12. The van der Waals surface area contributed by atoms with Crippen molar-refractivity contribution in [3.8, 4) is 17.2 Å². The zero-order valence-electron chi connectivity index (χ0n) is 19.6. The second-order valence-electron chi connectivity index (χ2n) is 8.14. The number of halogens is 4. The number of hydrogen-bond acceptors (Lipinski definition) is 4. The Morgan fingerprint density at radius 3 is 2.42 bits per heavy atom. The number of fused-ring (bicyclic) bond motifs is 1. The monoisotopic (exact) mass is 536 g/mol. The minimum atomic E-state index is -4.46. The Bertz CT molecular complexity index is 1240. The molecule has 0 saturated carbocycles. The van der Waals surface area contributed by atoms with Gasteiger partial charge in [0.25, 0.3) is 0 Å². The quantitative estimate of drug-likeness (QED) is 0.351. The maximum Gasteiger partial charge on any atom is 0.416 e. The first kappa shape index (κ1) is 25.9. The van der Waals surface area contributed by atoms with Gasteiger partial charge in [0.1, 0.15) is 12.4 Å². The number of nitrogens with one attached hydrogen (secondary N) is 1. The van der Waals surface area contributed by atoms with Crippen molar-refractivity contribution >= 4 is 34.6 Å². The number of ether oxygens (including phenoxy) is 3. The fourth-order valence-corrected chi connectivity index (χ4v) is 4.58. The average molecular weight is 537 g/mol. The molecule has 1 aliphatic rings. The minimum Gasteiger partial charge on any atom is -0.493 e. The summed E-state index contributed by atoms with van der Waals surface area (Å²) < 4.78 is 56.4. The SMILES string of the molecule is COc1cc2c(cc1OC)C(COc1cccc(C(F)(F)F)c1)N(C(=S)Nc1ccc(Cl)cc1)CC2. The fraction of sp³-hybridized carbons (Fsp3) is 0.269. The van der Waals surface area contributed by atoms with Gasteiger partial charge >= 0.3 is 6.18 Å². The Labute approximate surface area is 217 Å². The van der Waals surface area contributed by atoms with Crippen LogP contribution in [0.2, 0.25) is 5.02 Å². The Hall–Kier alpha value is -3.17. The summed E-state index contributed by atoms with van der Waals surface area (Å²) >= 11 is 11.7. The van der Waals surface area contributed by atoms with Crippen LogP contribution >= 0.6 is 23.8 Å². The first-order chi connectivity index (χ1) is 17.2. The van der Waals surface area contributed by atoms with Crippen LogP contribution in [0.1, 0.15) is 22.7 Å². The second kappa shape index (κ2) is 10.8. The predicted octanol–water partition coefficient (Wildman–Crippen LogP) is 6.75. The molecule has 0 aromatic heterocycles. The Kier molecular flexibility index (Phi) is 7.80. The molecule has 3 aromatic carbocycles.